The molecule has 1 unspecified atom stereocenters. The van der Waals surface area contributed by atoms with Gasteiger partial charge >= 0.3 is 5.97 Å². The van der Waals surface area contributed by atoms with Gasteiger partial charge in [-0.3, -0.25) is 14.4 Å². The molecule has 160 valence electrons. The number of benzene rings is 1. The van der Waals surface area contributed by atoms with Crippen LogP contribution in [-0.2, 0) is 19.1 Å². The number of halogens is 3. The summed E-state index contributed by atoms with van der Waals surface area (Å²) in [6, 6.07) is 2.16. The second-order valence-electron chi connectivity index (χ2n) is 6.99. The van der Waals surface area contributed by atoms with Crippen LogP contribution in [0.5, 0.6) is 5.75 Å². The number of nitrogens with zero attached hydrogens (tertiary/aromatic N) is 1. The van der Waals surface area contributed by atoms with Crippen LogP contribution in [-0.4, -0.2) is 55.0 Å². The largest absolute Gasteiger partial charge is 0.481 e. The molecule has 1 atom stereocenters. The number of hydrogen-bond acceptors (Lipinski definition) is 5. The number of nitrogens with one attached hydrogen (secondary N) is 1. The Morgan fingerprint density at radius 3 is 2.72 bits per heavy atom. The molecule has 7 nitrogen and oxygen atoms in total. The number of amides is 2. The lowest BCUT2D eigenvalue weighted by Crippen LogP contribution is -2.58. The van der Waals surface area contributed by atoms with Crippen LogP contribution in [0.2, 0.25) is 10.0 Å². The first-order valence-electron chi connectivity index (χ1n) is 9.19. The highest BCUT2D eigenvalue weighted by Crippen LogP contribution is 2.36. The third kappa shape index (κ3) is 7.04. The highest BCUT2D eigenvalue weighted by molar-refractivity contribution is 9.10. The third-order valence-electron chi connectivity index (χ3n) is 4.27. The summed E-state index contributed by atoms with van der Waals surface area (Å²) >= 11 is 15.3. The van der Waals surface area contributed by atoms with Crippen LogP contribution in [0.4, 0.5) is 0 Å². The average Bonchev–Trinajstić information content (AvgIpc) is 2.62. The number of carbonyl (C=O) groups excluding carboxylic acids is 3. The van der Waals surface area contributed by atoms with E-state index in [0.717, 1.165) is 6.42 Å². The van der Waals surface area contributed by atoms with Crippen molar-refractivity contribution in [1.82, 2.24) is 10.2 Å². The summed E-state index contributed by atoms with van der Waals surface area (Å²) in [5, 5.41) is 3.34. The predicted molar refractivity (Wildman–Crippen MR) is 113 cm³/mol. The molecule has 1 aromatic rings. The maximum Gasteiger partial charge on any atom is 0.308 e. The molecule has 0 bridgehead atoms. The molecule has 0 saturated carbocycles. The van der Waals surface area contributed by atoms with Gasteiger partial charge in [0.25, 0.3) is 5.91 Å². The maximum absolute atomic E-state index is 12.7. The Balaban J connectivity index is 1.99. The van der Waals surface area contributed by atoms with Gasteiger partial charge in [-0.15, -0.1) is 0 Å². The van der Waals surface area contributed by atoms with E-state index in [1.54, 1.807) is 6.07 Å². The zero-order valence-corrected chi connectivity index (χ0v) is 19.3. The second-order valence-corrected chi connectivity index (χ2v) is 8.69. The number of hydrogen-bond donors (Lipinski definition) is 1. The lowest BCUT2D eigenvalue weighted by Gasteiger charge is -2.34. The zero-order valence-electron chi connectivity index (χ0n) is 16.2. The average molecular weight is 510 g/mol. The van der Waals surface area contributed by atoms with Gasteiger partial charge < -0.3 is 19.7 Å². The molecule has 0 aliphatic carbocycles. The summed E-state index contributed by atoms with van der Waals surface area (Å²) in [5.74, 6) is -0.672. The number of carbonyl (C=O) groups is 3. The van der Waals surface area contributed by atoms with Crippen molar-refractivity contribution in [3.8, 4) is 5.75 Å². The minimum absolute atomic E-state index is 0.207. The maximum atomic E-state index is 12.7. The molecule has 1 aliphatic heterocycles. The van der Waals surface area contributed by atoms with E-state index in [2.05, 4.69) is 21.2 Å². The molecule has 1 saturated heterocycles. The Labute approximate surface area is 188 Å². The highest BCUT2D eigenvalue weighted by atomic mass is 79.9. The predicted octanol–water partition coefficient (Wildman–Crippen LogP) is 3.44. The van der Waals surface area contributed by atoms with Crippen molar-refractivity contribution >= 4 is 56.9 Å². The quantitative estimate of drug-likeness (QED) is 0.542. The summed E-state index contributed by atoms with van der Waals surface area (Å²) < 4.78 is 11.2. The molecule has 10 heteroatoms. The first-order valence-corrected chi connectivity index (χ1v) is 10.7. The highest BCUT2D eigenvalue weighted by Gasteiger charge is 2.35. The van der Waals surface area contributed by atoms with Gasteiger partial charge in [0.2, 0.25) is 5.91 Å². The van der Waals surface area contributed by atoms with Crippen molar-refractivity contribution in [2.75, 3.05) is 26.3 Å². The van der Waals surface area contributed by atoms with Gasteiger partial charge in [0.15, 0.2) is 12.4 Å². The molecule has 2 amide bonds. The van der Waals surface area contributed by atoms with Crippen LogP contribution < -0.4 is 10.1 Å². The van der Waals surface area contributed by atoms with E-state index in [9.17, 15) is 14.4 Å². The Hall–Kier alpha value is -1.51. The van der Waals surface area contributed by atoms with E-state index in [1.165, 1.54) is 11.0 Å². The summed E-state index contributed by atoms with van der Waals surface area (Å²) in [7, 11) is 0. The lowest BCUT2D eigenvalue weighted by atomic mass is 10.1. The zero-order chi connectivity index (χ0) is 21.6. The molecule has 2 rings (SSSR count). The van der Waals surface area contributed by atoms with Gasteiger partial charge in [-0.25, -0.2) is 0 Å². The second kappa shape index (κ2) is 11.0. The van der Waals surface area contributed by atoms with Crippen LogP contribution in [0.25, 0.3) is 0 Å². The van der Waals surface area contributed by atoms with Crippen molar-refractivity contribution in [2.45, 2.75) is 32.7 Å². The Morgan fingerprint density at radius 2 is 2.07 bits per heavy atom. The molecule has 1 aromatic carbocycles. The standard InChI is InChI=1S/C19H23BrCl2N2O5/c1-11(2)3-6-28-17(26)9-15-19(27)23-4-5-24(15)16(25)10-29-18-13(20)7-12(21)8-14(18)22/h7-8,11,15H,3-6,9-10H2,1-2H3,(H,23,27). The van der Waals surface area contributed by atoms with Crippen LogP contribution in [0.1, 0.15) is 26.7 Å². The van der Waals surface area contributed by atoms with E-state index in [1.807, 2.05) is 13.8 Å². The summed E-state index contributed by atoms with van der Waals surface area (Å²) in [5.41, 5.74) is 0. The van der Waals surface area contributed by atoms with E-state index in [0.29, 0.717) is 22.0 Å². The van der Waals surface area contributed by atoms with Gasteiger partial charge in [-0.2, -0.15) is 0 Å². The smallest absolute Gasteiger partial charge is 0.308 e. The molecule has 1 fully saturated rings. The van der Waals surface area contributed by atoms with E-state index in [-0.39, 0.29) is 37.0 Å². The fourth-order valence-corrected chi connectivity index (χ4v) is 4.09. The van der Waals surface area contributed by atoms with Gasteiger partial charge in [0.05, 0.1) is 22.5 Å². The fraction of sp³-hybridized carbons (Fsp3) is 0.526. The minimum Gasteiger partial charge on any atom is -0.481 e. The Kier molecular flexibility index (Phi) is 9.04. The van der Waals surface area contributed by atoms with Crippen molar-refractivity contribution in [2.24, 2.45) is 5.92 Å². The van der Waals surface area contributed by atoms with Crippen LogP contribution in [0.3, 0.4) is 0 Å². The first-order chi connectivity index (χ1) is 13.7. The molecule has 1 heterocycles. The molecule has 0 aromatic heterocycles. The number of piperazine rings is 1. The van der Waals surface area contributed by atoms with Crippen molar-refractivity contribution in [1.29, 1.82) is 0 Å². The van der Waals surface area contributed by atoms with Crippen LogP contribution in [0.15, 0.2) is 16.6 Å². The van der Waals surface area contributed by atoms with E-state index >= 15 is 0 Å². The van der Waals surface area contributed by atoms with Crippen LogP contribution in [0, 0.1) is 5.92 Å². The summed E-state index contributed by atoms with van der Waals surface area (Å²) in [6.07, 6.45) is 0.525. The van der Waals surface area contributed by atoms with Crippen LogP contribution >= 0.6 is 39.1 Å². The number of rotatable bonds is 8. The fourth-order valence-electron chi connectivity index (χ4n) is 2.73. The van der Waals surface area contributed by atoms with Crippen molar-refractivity contribution < 1.29 is 23.9 Å². The first kappa shape index (κ1) is 23.8. The normalized spacial score (nSPS) is 16.6. The summed E-state index contributed by atoms with van der Waals surface area (Å²) in [6.45, 7) is 4.56. The lowest BCUT2D eigenvalue weighted by molar-refractivity contribution is -0.152. The molecule has 1 aliphatic rings. The molecule has 0 radical (unpaired) electrons. The van der Waals surface area contributed by atoms with E-state index < -0.39 is 23.8 Å². The van der Waals surface area contributed by atoms with Crippen molar-refractivity contribution in [3.05, 3.63) is 26.7 Å². The van der Waals surface area contributed by atoms with Gasteiger partial charge in [-0.1, -0.05) is 37.0 Å². The molecule has 0 spiro atoms. The van der Waals surface area contributed by atoms with Gasteiger partial charge in [0, 0.05) is 18.1 Å². The molecule has 29 heavy (non-hydrogen) atoms. The monoisotopic (exact) mass is 508 g/mol. The Morgan fingerprint density at radius 1 is 1.34 bits per heavy atom. The molecular weight excluding hydrogens is 487 g/mol. The van der Waals surface area contributed by atoms with E-state index in [4.69, 9.17) is 32.7 Å². The number of esters is 1. The molecule has 1 N–H and O–H groups in total. The van der Waals surface area contributed by atoms with Gasteiger partial charge in [-0.05, 0) is 40.4 Å². The Bertz CT molecular complexity index is 752. The topological polar surface area (TPSA) is 84.9 Å². The third-order valence-corrected chi connectivity index (χ3v) is 5.36. The molecular formula is C19H23BrCl2N2O5. The number of ether oxygens (including phenoxy) is 2. The summed E-state index contributed by atoms with van der Waals surface area (Å²) in [4.78, 5) is 38.4. The SMILES string of the molecule is CC(C)CCOC(=O)CC1C(=O)NCCN1C(=O)COc1c(Cl)cc(Cl)cc1Br. The minimum atomic E-state index is -0.935. The van der Waals surface area contributed by atoms with Gasteiger partial charge in [0.1, 0.15) is 6.04 Å². The van der Waals surface area contributed by atoms with Crippen molar-refractivity contribution in [3.63, 3.8) is 0 Å².